The number of anilines is 2. The van der Waals surface area contributed by atoms with Crippen molar-refractivity contribution in [1.82, 2.24) is 0 Å². The molecule has 3 aromatic rings. The molecule has 34 heavy (non-hydrogen) atoms. The minimum atomic E-state index is -0.173. The average Bonchev–Trinajstić information content (AvgIpc) is 3.27. The highest BCUT2D eigenvalue weighted by Gasteiger charge is 2.36. The molecule has 4 rings (SSSR count). The molecular formula is C24H27ClN6O2S. The smallest absolute Gasteiger partial charge is 0.196 e. The minimum absolute atomic E-state index is 0. The van der Waals surface area contributed by atoms with Gasteiger partial charge in [-0.15, -0.1) is 23.7 Å². The zero-order valence-electron chi connectivity index (χ0n) is 19.0. The Morgan fingerprint density at radius 3 is 1.88 bits per heavy atom. The molecule has 10 heteroatoms. The Kier molecular flexibility index (Phi) is 7.90. The van der Waals surface area contributed by atoms with Crippen LogP contribution in [0.4, 0.5) is 11.4 Å². The molecule has 0 spiro atoms. The van der Waals surface area contributed by atoms with Crippen molar-refractivity contribution in [2.75, 3.05) is 36.8 Å². The molecule has 0 aliphatic heterocycles. The van der Waals surface area contributed by atoms with E-state index in [1.807, 2.05) is 11.4 Å². The number of benzene rings is 2. The van der Waals surface area contributed by atoms with Crippen LogP contribution in [-0.2, 0) is 0 Å². The molecule has 0 unspecified atom stereocenters. The number of rotatable bonds is 8. The summed E-state index contributed by atoms with van der Waals surface area (Å²) < 4.78 is 0.906. The van der Waals surface area contributed by atoms with Crippen LogP contribution in [-0.4, -0.2) is 49.4 Å². The molecule has 1 aliphatic rings. The van der Waals surface area contributed by atoms with Crippen LogP contribution in [0.1, 0.15) is 45.7 Å². The molecule has 178 valence electrons. The van der Waals surface area contributed by atoms with Crippen molar-refractivity contribution in [2.45, 2.75) is 13.8 Å². The molecule has 8 nitrogen and oxygen atoms in total. The Morgan fingerprint density at radius 2 is 1.35 bits per heavy atom. The van der Waals surface area contributed by atoms with E-state index in [9.17, 15) is 9.59 Å². The first kappa shape index (κ1) is 25.2. The van der Waals surface area contributed by atoms with Gasteiger partial charge in [0.25, 0.3) is 0 Å². The Balaban J connectivity index is 0.00000324. The van der Waals surface area contributed by atoms with Gasteiger partial charge in [0, 0.05) is 29.6 Å². The number of aliphatic imine (C=N–C) groups is 2. The van der Waals surface area contributed by atoms with E-state index in [0.29, 0.717) is 71.5 Å². The van der Waals surface area contributed by atoms with Gasteiger partial charge in [0.1, 0.15) is 0 Å². The van der Waals surface area contributed by atoms with E-state index >= 15 is 0 Å². The van der Waals surface area contributed by atoms with Gasteiger partial charge in [-0.05, 0) is 25.3 Å². The number of thiophene rings is 1. The molecule has 1 heterocycles. The van der Waals surface area contributed by atoms with Crippen LogP contribution in [0.15, 0.2) is 45.7 Å². The van der Waals surface area contributed by atoms with Crippen LogP contribution < -0.4 is 22.1 Å². The van der Waals surface area contributed by atoms with Crippen molar-refractivity contribution in [1.29, 1.82) is 0 Å². The number of hydrogen-bond donors (Lipinski definition) is 4. The summed E-state index contributed by atoms with van der Waals surface area (Å²) in [5.74, 6) is 0.647. The van der Waals surface area contributed by atoms with Crippen LogP contribution >= 0.6 is 23.7 Å². The standard InChI is InChI=1S/C24H26N6O2S.ClH/c1-13(25)27-8-10-29-20-17-7-12-33-24(17)21(30-11-9-28-14(2)26)19-18(20)22(31)15-5-3-4-6-16(15)23(19)32;/h3-7,12,29-30H,8-11H2,1-2H3,(H2,25,27)(H2,26,28);1H. The van der Waals surface area contributed by atoms with Crippen LogP contribution in [0, 0.1) is 0 Å². The molecule has 0 saturated carbocycles. The van der Waals surface area contributed by atoms with Gasteiger partial charge in [0.15, 0.2) is 11.6 Å². The molecule has 0 fully saturated rings. The number of nitrogens with zero attached hydrogens (tertiary/aromatic N) is 2. The van der Waals surface area contributed by atoms with Crippen molar-refractivity contribution in [3.05, 3.63) is 58.0 Å². The van der Waals surface area contributed by atoms with E-state index in [-0.39, 0.29) is 24.0 Å². The quantitative estimate of drug-likeness (QED) is 0.127. The van der Waals surface area contributed by atoms with E-state index in [0.717, 1.165) is 10.1 Å². The summed E-state index contributed by atoms with van der Waals surface area (Å²) in [4.78, 5) is 35.7. The fraction of sp³-hybridized carbons (Fsp3) is 0.250. The van der Waals surface area contributed by atoms with Gasteiger partial charge in [-0.2, -0.15) is 0 Å². The van der Waals surface area contributed by atoms with Gasteiger partial charge in [-0.1, -0.05) is 24.3 Å². The lowest BCUT2D eigenvalue weighted by Crippen LogP contribution is -2.25. The lowest BCUT2D eigenvalue weighted by atomic mass is 9.81. The summed E-state index contributed by atoms with van der Waals surface area (Å²) in [6.07, 6.45) is 0. The topological polar surface area (TPSA) is 135 Å². The second-order valence-electron chi connectivity index (χ2n) is 7.77. The highest BCUT2D eigenvalue weighted by molar-refractivity contribution is 7.18. The molecule has 1 aliphatic carbocycles. The number of amidine groups is 2. The van der Waals surface area contributed by atoms with Gasteiger partial charge in [0.2, 0.25) is 0 Å². The maximum atomic E-state index is 13.7. The molecule has 0 bridgehead atoms. The summed E-state index contributed by atoms with van der Waals surface area (Å²) >= 11 is 1.52. The Morgan fingerprint density at radius 1 is 0.853 bits per heavy atom. The zero-order valence-corrected chi connectivity index (χ0v) is 20.6. The maximum absolute atomic E-state index is 13.7. The number of hydrogen-bond acceptors (Lipinski definition) is 7. The van der Waals surface area contributed by atoms with Crippen LogP contribution in [0.2, 0.25) is 0 Å². The van der Waals surface area contributed by atoms with Gasteiger partial charge >= 0.3 is 0 Å². The van der Waals surface area contributed by atoms with Gasteiger partial charge in [-0.3, -0.25) is 19.6 Å². The summed E-state index contributed by atoms with van der Waals surface area (Å²) in [6.45, 7) is 5.33. The lowest BCUT2D eigenvalue weighted by molar-refractivity contribution is 0.0980. The number of carbonyl (C=O) groups is 2. The number of ketones is 2. The average molecular weight is 499 g/mol. The fourth-order valence-electron chi connectivity index (χ4n) is 3.98. The number of nitrogens with one attached hydrogen (secondary N) is 2. The van der Waals surface area contributed by atoms with Gasteiger partial charge in [0.05, 0.1) is 52.0 Å². The SMILES string of the molecule is CC(N)=NCCNc1c2c(c(NCCN=C(C)N)c3sccc13)C(=O)c1ccccc1C2=O.Cl. The first-order valence-electron chi connectivity index (χ1n) is 10.7. The maximum Gasteiger partial charge on any atom is 0.196 e. The predicted molar refractivity (Wildman–Crippen MR) is 144 cm³/mol. The Bertz CT molecular complexity index is 1210. The van der Waals surface area contributed by atoms with E-state index in [4.69, 9.17) is 11.5 Å². The largest absolute Gasteiger partial charge is 0.388 e. The molecule has 0 saturated heterocycles. The number of halogens is 1. The molecule has 6 N–H and O–H groups in total. The lowest BCUT2D eigenvalue weighted by Gasteiger charge is -2.25. The first-order valence-corrected chi connectivity index (χ1v) is 11.5. The highest BCUT2D eigenvalue weighted by Crippen LogP contribution is 2.45. The van der Waals surface area contributed by atoms with Crippen LogP contribution in [0.5, 0.6) is 0 Å². The van der Waals surface area contributed by atoms with E-state index in [2.05, 4.69) is 20.6 Å². The summed E-state index contributed by atoms with van der Waals surface area (Å²) in [7, 11) is 0. The third-order valence-electron chi connectivity index (χ3n) is 5.33. The monoisotopic (exact) mass is 498 g/mol. The summed E-state index contributed by atoms with van der Waals surface area (Å²) in [5, 5.41) is 9.55. The van der Waals surface area contributed by atoms with Crippen molar-refractivity contribution >= 4 is 68.4 Å². The van der Waals surface area contributed by atoms with Crippen LogP contribution in [0.25, 0.3) is 10.1 Å². The van der Waals surface area contributed by atoms with Crippen molar-refractivity contribution < 1.29 is 9.59 Å². The molecule has 0 amide bonds. The minimum Gasteiger partial charge on any atom is -0.388 e. The number of carbonyl (C=O) groups excluding carboxylic acids is 2. The molecule has 0 radical (unpaired) electrons. The molecule has 2 aromatic carbocycles. The third kappa shape index (κ3) is 4.76. The number of fused-ring (bicyclic) bond motifs is 3. The second-order valence-corrected chi connectivity index (χ2v) is 8.68. The first-order chi connectivity index (χ1) is 15.9. The second kappa shape index (κ2) is 10.7. The molecule has 1 aromatic heterocycles. The van der Waals surface area contributed by atoms with Crippen LogP contribution in [0.3, 0.4) is 0 Å². The molecule has 0 atom stereocenters. The van der Waals surface area contributed by atoms with E-state index < -0.39 is 0 Å². The number of nitrogens with two attached hydrogens (primary N) is 2. The summed E-state index contributed by atoms with van der Waals surface area (Å²) in [5.41, 5.74) is 14.2. The highest BCUT2D eigenvalue weighted by atomic mass is 35.5. The van der Waals surface area contributed by atoms with Gasteiger partial charge < -0.3 is 22.1 Å². The normalized spacial score (nSPS) is 13.4. The Hall–Kier alpha value is -3.43. The predicted octanol–water partition coefficient (Wildman–Crippen LogP) is 3.68. The van der Waals surface area contributed by atoms with E-state index in [1.165, 1.54) is 11.3 Å². The fourth-order valence-corrected chi connectivity index (χ4v) is 4.91. The van der Waals surface area contributed by atoms with E-state index in [1.54, 1.807) is 38.1 Å². The zero-order chi connectivity index (χ0) is 23.5. The summed E-state index contributed by atoms with van der Waals surface area (Å²) in [6, 6.07) is 8.92. The third-order valence-corrected chi connectivity index (χ3v) is 6.26. The Labute approximate surface area is 208 Å². The van der Waals surface area contributed by atoms with Crippen molar-refractivity contribution in [3.63, 3.8) is 0 Å². The van der Waals surface area contributed by atoms with Crippen molar-refractivity contribution in [2.24, 2.45) is 21.5 Å². The van der Waals surface area contributed by atoms with Gasteiger partial charge in [-0.25, -0.2) is 0 Å². The molecular weight excluding hydrogens is 472 g/mol. The van der Waals surface area contributed by atoms with Crippen molar-refractivity contribution in [3.8, 4) is 0 Å².